The lowest BCUT2D eigenvalue weighted by Gasteiger charge is -2.21. The van der Waals surface area contributed by atoms with Crippen LogP contribution in [0.15, 0.2) is 53.7 Å². The van der Waals surface area contributed by atoms with Crippen LogP contribution in [0.2, 0.25) is 10.0 Å². The molecule has 0 saturated carbocycles. The third-order valence-electron chi connectivity index (χ3n) is 4.52. The van der Waals surface area contributed by atoms with Gasteiger partial charge in [0.1, 0.15) is 0 Å². The highest BCUT2D eigenvalue weighted by Gasteiger charge is 2.25. The summed E-state index contributed by atoms with van der Waals surface area (Å²) in [5.41, 5.74) is 1.59. The predicted octanol–water partition coefficient (Wildman–Crippen LogP) is 5.54. The van der Waals surface area contributed by atoms with E-state index in [-0.39, 0.29) is 17.9 Å². The summed E-state index contributed by atoms with van der Waals surface area (Å²) in [7, 11) is 1.91. The Morgan fingerprint density at radius 1 is 1.10 bits per heavy atom. The molecule has 0 aliphatic carbocycles. The van der Waals surface area contributed by atoms with Crippen molar-refractivity contribution in [2.45, 2.75) is 30.8 Å². The number of hydrogen-bond donors (Lipinski definition) is 1. The zero-order valence-electron chi connectivity index (χ0n) is 16.4. The molecule has 152 valence electrons. The number of amides is 1. The molecule has 5 nitrogen and oxygen atoms in total. The van der Waals surface area contributed by atoms with Crippen molar-refractivity contribution in [3.63, 3.8) is 0 Å². The van der Waals surface area contributed by atoms with Crippen molar-refractivity contribution in [3.05, 3.63) is 75.5 Å². The second kappa shape index (κ2) is 9.65. The van der Waals surface area contributed by atoms with E-state index < -0.39 is 0 Å². The van der Waals surface area contributed by atoms with E-state index in [4.69, 9.17) is 23.2 Å². The second-order valence-corrected chi connectivity index (χ2v) is 8.77. The van der Waals surface area contributed by atoms with Gasteiger partial charge in [0, 0.05) is 28.4 Å². The van der Waals surface area contributed by atoms with Gasteiger partial charge in [-0.15, -0.1) is 10.2 Å². The summed E-state index contributed by atoms with van der Waals surface area (Å²) in [6, 6.07) is 14.3. The van der Waals surface area contributed by atoms with Crippen LogP contribution >= 0.6 is 35.0 Å². The fourth-order valence-corrected chi connectivity index (χ4v) is 4.17. The van der Waals surface area contributed by atoms with Gasteiger partial charge in [0.25, 0.3) is 5.91 Å². The maximum absolute atomic E-state index is 12.7. The van der Waals surface area contributed by atoms with E-state index in [2.05, 4.69) is 15.5 Å². The van der Waals surface area contributed by atoms with E-state index >= 15 is 0 Å². The first-order valence-electron chi connectivity index (χ1n) is 9.18. The maximum Gasteiger partial charge on any atom is 0.251 e. The zero-order valence-corrected chi connectivity index (χ0v) is 18.7. The molecule has 0 fully saturated rings. The van der Waals surface area contributed by atoms with Gasteiger partial charge in [0.15, 0.2) is 11.0 Å². The topological polar surface area (TPSA) is 59.8 Å². The van der Waals surface area contributed by atoms with Crippen LogP contribution in [-0.2, 0) is 12.8 Å². The van der Waals surface area contributed by atoms with Gasteiger partial charge in [-0.3, -0.25) is 4.79 Å². The molecule has 0 bridgehead atoms. The number of halogens is 2. The average Bonchev–Trinajstić information content (AvgIpc) is 3.06. The number of rotatable bonds is 7. The molecule has 3 rings (SSSR count). The SMILES string of the molecule is CC(C)[C@@H](NC(=O)c1ccc(Cl)cc1)c1nnc(SCc2ccccc2Cl)n1C. The van der Waals surface area contributed by atoms with Crippen molar-refractivity contribution < 1.29 is 4.79 Å². The minimum absolute atomic E-state index is 0.135. The highest BCUT2D eigenvalue weighted by Crippen LogP contribution is 2.28. The van der Waals surface area contributed by atoms with Gasteiger partial charge in [-0.2, -0.15) is 0 Å². The zero-order chi connectivity index (χ0) is 21.0. The Kier molecular flexibility index (Phi) is 7.22. The lowest BCUT2D eigenvalue weighted by atomic mass is 10.0. The summed E-state index contributed by atoms with van der Waals surface area (Å²) in [6.45, 7) is 4.08. The van der Waals surface area contributed by atoms with Crippen LogP contribution in [0.1, 0.15) is 41.6 Å². The van der Waals surface area contributed by atoms with Gasteiger partial charge in [0.2, 0.25) is 0 Å². The van der Waals surface area contributed by atoms with Crippen LogP contribution in [0, 0.1) is 5.92 Å². The molecule has 0 unspecified atom stereocenters. The van der Waals surface area contributed by atoms with Crippen LogP contribution in [0.5, 0.6) is 0 Å². The molecule has 1 amide bonds. The van der Waals surface area contributed by atoms with Crippen molar-refractivity contribution >= 4 is 40.9 Å². The van der Waals surface area contributed by atoms with Crippen molar-refractivity contribution in [3.8, 4) is 0 Å². The van der Waals surface area contributed by atoms with Crippen molar-refractivity contribution in [1.29, 1.82) is 0 Å². The minimum Gasteiger partial charge on any atom is -0.342 e. The molecular formula is C21H22Cl2N4OS. The summed E-state index contributed by atoms with van der Waals surface area (Å²) >= 11 is 13.7. The number of nitrogens with zero attached hydrogens (tertiary/aromatic N) is 3. The molecule has 0 saturated heterocycles. The van der Waals surface area contributed by atoms with Crippen LogP contribution in [0.3, 0.4) is 0 Å². The smallest absolute Gasteiger partial charge is 0.251 e. The first kappa shape index (κ1) is 21.7. The highest BCUT2D eigenvalue weighted by atomic mass is 35.5. The molecule has 1 atom stereocenters. The Hall–Kier alpha value is -2.02. The number of benzene rings is 2. The van der Waals surface area contributed by atoms with Crippen LogP contribution < -0.4 is 5.32 Å². The molecule has 29 heavy (non-hydrogen) atoms. The molecular weight excluding hydrogens is 427 g/mol. The summed E-state index contributed by atoms with van der Waals surface area (Å²) in [5, 5.41) is 13.8. The Balaban J connectivity index is 1.75. The summed E-state index contributed by atoms with van der Waals surface area (Å²) < 4.78 is 1.92. The maximum atomic E-state index is 12.7. The molecule has 1 N–H and O–H groups in total. The van der Waals surface area contributed by atoms with E-state index in [9.17, 15) is 4.79 Å². The summed E-state index contributed by atoms with van der Waals surface area (Å²) in [5.74, 6) is 1.36. The molecule has 0 radical (unpaired) electrons. The first-order valence-corrected chi connectivity index (χ1v) is 10.9. The summed E-state index contributed by atoms with van der Waals surface area (Å²) in [4.78, 5) is 12.7. The first-order chi connectivity index (χ1) is 13.9. The number of carbonyl (C=O) groups is 1. The van der Waals surface area contributed by atoms with E-state index in [0.29, 0.717) is 22.2 Å². The van der Waals surface area contributed by atoms with Gasteiger partial charge in [-0.1, -0.05) is 67.0 Å². The fraction of sp³-hybridized carbons (Fsp3) is 0.286. The Bertz CT molecular complexity index is 989. The monoisotopic (exact) mass is 448 g/mol. The van der Waals surface area contributed by atoms with Crippen LogP contribution in [-0.4, -0.2) is 20.7 Å². The van der Waals surface area contributed by atoms with E-state index in [0.717, 1.165) is 15.7 Å². The normalized spacial score (nSPS) is 12.2. The molecule has 3 aromatic rings. The third kappa shape index (κ3) is 5.32. The number of nitrogens with one attached hydrogen (secondary N) is 1. The largest absolute Gasteiger partial charge is 0.342 e. The van der Waals surface area contributed by atoms with Gasteiger partial charge < -0.3 is 9.88 Å². The standard InChI is InChI=1S/C21H22Cl2N4OS/c1-13(2)18(24-20(28)14-8-10-16(22)11-9-14)19-25-26-21(27(19)3)29-12-15-6-4-5-7-17(15)23/h4-11,13,18H,12H2,1-3H3,(H,24,28)/t18-/m1/s1. The second-order valence-electron chi connectivity index (χ2n) is 6.98. The van der Waals surface area contributed by atoms with E-state index in [1.165, 1.54) is 0 Å². The van der Waals surface area contributed by atoms with Gasteiger partial charge in [-0.05, 0) is 41.8 Å². The molecule has 1 heterocycles. The molecule has 0 aliphatic heterocycles. The van der Waals surface area contributed by atoms with Crippen molar-refractivity contribution in [1.82, 2.24) is 20.1 Å². The van der Waals surface area contributed by atoms with Crippen LogP contribution in [0.4, 0.5) is 0 Å². The Morgan fingerprint density at radius 3 is 2.45 bits per heavy atom. The van der Waals surface area contributed by atoms with Gasteiger partial charge in [0.05, 0.1) is 6.04 Å². The number of hydrogen-bond acceptors (Lipinski definition) is 4. The number of carbonyl (C=O) groups excluding carboxylic acids is 1. The van der Waals surface area contributed by atoms with Crippen LogP contribution in [0.25, 0.3) is 0 Å². The Morgan fingerprint density at radius 2 is 1.79 bits per heavy atom. The fourth-order valence-electron chi connectivity index (χ4n) is 2.84. The van der Waals surface area contributed by atoms with Gasteiger partial charge in [-0.25, -0.2) is 0 Å². The molecule has 8 heteroatoms. The minimum atomic E-state index is -0.273. The number of aromatic nitrogens is 3. The van der Waals surface area contributed by atoms with E-state index in [1.54, 1.807) is 36.0 Å². The molecule has 2 aromatic carbocycles. The predicted molar refractivity (Wildman–Crippen MR) is 119 cm³/mol. The third-order valence-corrected chi connectivity index (χ3v) is 6.21. The lowest BCUT2D eigenvalue weighted by Crippen LogP contribution is -2.33. The molecule has 1 aromatic heterocycles. The number of thioether (sulfide) groups is 1. The summed E-state index contributed by atoms with van der Waals surface area (Å²) in [6.07, 6.45) is 0. The quantitative estimate of drug-likeness (QED) is 0.481. The average molecular weight is 449 g/mol. The Labute approximate surface area is 184 Å². The molecule has 0 spiro atoms. The van der Waals surface area contributed by atoms with Crippen molar-refractivity contribution in [2.24, 2.45) is 13.0 Å². The highest BCUT2D eigenvalue weighted by molar-refractivity contribution is 7.98. The molecule has 0 aliphatic rings. The van der Waals surface area contributed by atoms with E-state index in [1.807, 2.05) is 49.7 Å². The van der Waals surface area contributed by atoms with Gasteiger partial charge >= 0.3 is 0 Å². The lowest BCUT2D eigenvalue weighted by molar-refractivity contribution is 0.0922. The van der Waals surface area contributed by atoms with Crippen molar-refractivity contribution in [2.75, 3.05) is 0 Å².